The van der Waals surface area contributed by atoms with Gasteiger partial charge in [-0.2, -0.15) is 0 Å². The van der Waals surface area contributed by atoms with Crippen molar-refractivity contribution in [2.24, 2.45) is 0 Å². The van der Waals surface area contributed by atoms with Crippen molar-refractivity contribution in [2.75, 3.05) is 6.54 Å². The van der Waals surface area contributed by atoms with Crippen LogP contribution in [0.4, 0.5) is 0 Å². The molecule has 3 nitrogen and oxygen atoms in total. The van der Waals surface area contributed by atoms with Crippen LogP contribution in [0, 0.1) is 13.8 Å². The van der Waals surface area contributed by atoms with E-state index in [9.17, 15) is 4.79 Å². The van der Waals surface area contributed by atoms with Crippen molar-refractivity contribution in [3.8, 4) is 0 Å². The topological polar surface area (TPSA) is 42.0 Å². The molecule has 1 amide bonds. The van der Waals surface area contributed by atoms with E-state index in [2.05, 4.69) is 23.3 Å². The molecule has 0 aliphatic rings. The number of unbranched alkanes of at least 4 members (excludes halogenated alkanes) is 1. The lowest BCUT2D eigenvalue weighted by molar-refractivity contribution is 0.0953. The predicted octanol–water partition coefficient (Wildman–Crippen LogP) is 4.03. The number of nitrogens with one attached hydrogen (secondary N) is 1. The van der Waals surface area contributed by atoms with Gasteiger partial charge in [-0.1, -0.05) is 36.6 Å². The third-order valence-electron chi connectivity index (χ3n) is 3.27. The number of aromatic nitrogens is 1. The summed E-state index contributed by atoms with van der Waals surface area (Å²) in [4.78, 5) is 16.5. The van der Waals surface area contributed by atoms with Gasteiger partial charge in [-0.15, -0.1) is 0 Å². The molecule has 106 valence electrons. The fourth-order valence-corrected chi connectivity index (χ4v) is 2.49. The number of aryl methyl sites for hydroxylation is 2. The highest BCUT2D eigenvalue weighted by molar-refractivity contribution is 6.33. The molecule has 20 heavy (non-hydrogen) atoms. The Bertz CT molecular complexity index is 652. The minimum absolute atomic E-state index is 0.156. The van der Waals surface area contributed by atoms with E-state index in [4.69, 9.17) is 11.6 Å². The molecule has 2 aromatic rings. The number of carbonyl (C=O) groups is 1. The number of amides is 1. The highest BCUT2D eigenvalue weighted by Crippen LogP contribution is 2.24. The van der Waals surface area contributed by atoms with Crippen LogP contribution < -0.4 is 5.32 Å². The summed E-state index contributed by atoms with van der Waals surface area (Å²) < 4.78 is 0. The van der Waals surface area contributed by atoms with Crippen LogP contribution in [0.3, 0.4) is 0 Å². The van der Waals surface area contributed by atoms with Gasteiger partial charge in [-0.05, 0) is 38.0 Å². The van der Waals surface area contributed by atoms with E-state index in [1.165, 1.54) is 0 Å². The van der Waals surface area contributed by atoms with Crippen LogP contribution in [0.2, 0.25) is 5.15 Å². The van der Waals surface area contributed by atoms with Crippen molar-refractivity contribution < 1.29 is 4.79 Å². The smallest absolute Gasteiger partial charge is 0.254 e. The number of nitrogens with zero attached hydrogens (tertiary/aromatic N) is 1. The molecule has 0 fully saturated rings. The standard InChI is InChI=1S/C16H19ClN2O/c1-4-5-6-18-16(20)13-9-12-8-10(2)7-11(3)14(12)19-15(13)17/h7-9H,4-6H2,1-3H3,(H,18,20). The van der Waals surface area contributed by atoms with E-state index >= 15 is 0 Å². The molecule has 0 aliphatic heterocycles. The average Bonchev–Trinajstić information content (AvgIpc) is 2.39. The Labute approximate surface area is 124 Å². The van der Waals surface area contributed by atoms with Gasteiger partial charge in [0.15, 0.2) is 0 Å². The van der Waals surface area contributed by atoms with Crippen LogP contribution >= 0.6 is 11.6 Å². The van der Waals surface area contributed by atoms with Gasteiger partial charge in [0.1, 0.15) is 5.15 Å². The monoisotopic (exact) mass is 290 g/mol. The Morgan fingerprint density at radius 1 is 1.30 bits per heavy atom. The second-order valence-electron chi connectivity index (χ2n) is 5.09. The van der Waals surface area contributed by atoms with E-state index in [1.807, 2.05) is 26.0 Å². The molecule has 0 bridgehead atoms. The average molecular weight is 291 g/mol. The van der Waals surface area contributed by atoms with E-state index in [-0.39, 0.29) is 11.1 Å². The van der Waals surface area contributed by atoms with Crippen molar-refractivity contribution in [1.29, 1.82) is 0 Å². The molecule has 0 atom stereocenters. The lowest BCUT2D eigenvalue weighted by Gasteiger charge is -2.09. The maximum atomic E-state index is 12.1. The van der Waals surface area contributed by atoms with Crippen molar-refractivity contribution in [3.63, 3.8) is 0 Å². The molecule has 0 spiro atoms. The van der Waals surface area contributed by atoms with Crippen LogP contribution in [0.5, 0.6) is 0 Å². The molecule has 0 unspecified atom stereocenters. The van der Waals surface area contributed by atoms with Gasteiger partial charge in [-0.3, -0.25) is 4.79 Å². The van der Waals surface area contributed by atoms with Gasteiger partial charge in [0.25, 0.3) is 5.91 Å². The molecule has 1 aromatic carbocycles. The molecule has 1 N–H and O–H groups in total. The minimum Gasteiger partial charge on any atom is -0.352 e. The highest BCUT2D eigenvalue weighted by atomic mass is 35.5. The zero-order valence-corrected chi connectivity index (χ0v) is 12.8. The normalized spacial score (nSPS) is 10.8. The summed E-state index contributed by atoms with van der Waals surface area (Å²) in [6.07, 6.45) is 2.00. The Morgan fingerprint density at radius 3 is 2.75 bits per heavy atom. The maximum absolute atomic E-state index is 12.1. The Kier molecular flexibility index (Phi) is 4.61. The van der Waals surface area contributed by atoms with Gasteiger partial charge < -0.3 is 5.32 Å². The first-order chi connectivity index (χ1) is 9.52. The van der Waals surface area contributed by atoms with Crippen molar-refractivity contribution in [3.05, 3.63) is 40.0 Å². The second-order valence-corrected chi connectivity index (χ2v) is 5.45. The maximum Gasteiger partial charge on any atom is 0.254 e. The van der Waals surface area contributed by atoms with Crippen molar-refractivity contribution >= 4 is 28.4 Å². The summed E-state index contributed by atoms with van der Waals surface area (Å²) in [5, 5.41) is 4.09. The van der Waals surface area contributed by atoms with Gasteiger partial charge >= 0.3 is 0 Å². The van der Waals surface area contributed by atoms with Gasteiger partial charge in [0.2, 0.25) is 0 Å². The first-order valence-corrected chi connectivity index (χ1v) is 7.26. The minimum atomic E-state index is -0.156. The van der Waals surface area contributed by atoms with Gasteiger partial charge in [0, 0.05) is 11.9 Å². The lowest BCUT2D eigenvalue weighted by atomic mass is 10.1. The summed E-state index contributed by atoms with van der Waals surface area (Å²) in [7, 11) is 0. The number of benzene rings is 1. The lowest BCUT2D eigenvalue weighted by Crippen LogP contribution is -2.24. The zero-order valence-electron chi connectivity index (χ0n) is 12.1. The van der Waals surface area contributed by atoms with Gasteiger partial charge in [-0.25, -0.2) is 4.98 Å². The molecule has 0 saturated heterocycles. The highest BCUT2D eigenvalue weighted by Gasteiger charge is 2.13. The quantitative estimate of drug-likeness (QED) is 0.682. The fraction of sp³-hybridized carbons (Fsp3) is 0.375. The molecule has 2 rings (SSSR count). The third-order valence-corrected chi connectivity index (χ3v) is 3.55. The van der Waals surface area contributed by atoms with Crippen LogP contribution in [0.15, 0.2) is 18.2 Å². The number of pyridine rings is 1. The first kappa shape index (κ1) is 14.8. The van der Waals surface area contributed by atoms with E-state index in [1.54, 1.807) is 0 Å². The second kappa shape index (κ2) is 6.23. The van der Waals surface area contributed by atoms with E-state index in [0.29, 0.717) is 12.1 Å². The number of fused-ring (bicyclic) bond motifs is 1. The Morgan fingerprint density at radius 2 is 2.05 bits per heavy atom. The van der Waals surface area contributed by atoms with Crippen molar-refractivity contribution in [2.45, 2.75) is 33.6 Å². The molecule has 0 saturated carbocycles. The SMILES string of the molecule is CCCCNC(=O)c1cc2cc(C)cc(C)c2nc1Cl. The molecular weight excluding hydrogens is 272 g/mol. The Hall–Kier alpha value is -1.61. The van der Waals surface area contributed by atoms with Gasteiger partial charge in [0.05, 0.1) is 11.1 Å². The predicted molar refractivity (Wildman–Crippen MR) is 83.5 cm³/mol. The molecule has 4 heteroatoms. The first-order valence-electron chi connectivity index (χ1n) is 6.88. The summed E-state index contributed by atoms with van der Waals surface area (Å²) >= 11 is 6.15. The molecule has 1 heterocycles. The Balaban J connectivity index is 2.39. The van der Waals surface area contributed by atoms with E-state index in [0.717, 1.165) is 34.9 Å². The van der Waals surface area contributed by atoms with E-state index < -0.39 is 0 Å². The van der Waals surface area contributed by atoms with Crippen LogP contribution in [-0.4, -0.2) is 17.4 Å². The van der Waals surface area contributed by atoms with Crippen LogP contribution in [0.1, 0.15) is 41.3 Å². The molecule has 0 aliphatic carbocycles. The summed E-state index contributed by atoms with van der Waals surface area (Å²) in [6.45, 7) is 6.78. The summed E-state index contributed by atoms with van der Waals surface area (Å²) in [5.41, 5.74) is 3.52. The molecule has 0 radical (unpaired) electrons. The summed E-state index contributed by atoms with van der Waals surface area (Å²) in [6, 6.07) is 5.91. The van der Waals surface area contributed by atoms with Crippen molar-refractivity contribution in [1.82, 2.24) is 10.3 Å². The number of halogens is 1. The number of carbonyl (C=O) groups excluding carboxylic acids is 1. The fourth-order valence-electron chi connectivity index (χ4n) is 2.26. The molecular formula is C16H19ClN2O. The molecule has 1 aromatic heterocycles. The number of rotatable bonds is 4. The summed E-state index contributed by atoms with van der Waals surface area (Å²) in [5.74, 6) is -0.156. The zero-order chi connectivity index (χ0) is 14.7. The third kappa shape index (κ3) is 3.10. The van der Waals surface area contributed by atoms with Crippen LogP contribution in [-0.2, 0) is 0 Å². The number of hydrogen-bond donors (Lipinski definition) is 1. The largest absolute Gasteiger partial charge is 0.352 e. The van der Waals surface area contributed by atoms with Crippen LogP contribution in [0.25, 0.3) is 10.9 Å². The number of hydrogen-bond acceptors (Lipinski definition) is 2.